The fourth-order valence-corrected chi connectivity index (χ4v) is 3.09. The summed E-state index contributed by atoms with van der Waals surface area (Å²) >= 11 is 0. The van der Waals surface area contributed by atoms with Crippen LogP contribution in [0.1, 0.15) is 6.92 Å². The zero-order valence-electron chi connectivity index (χ0n) is 15.1. The number of rotatable bonds is 4. The maximum atomic E-state index is 12.8. The molecule has 0 fully saturated rings. The van der Waals surface area contributed by atoms with Crippen LogP contribution in [0.3, 0.4) is 0 Å². The molecular formula is C19H17F6NO3. The van der Waals surface area contributed by atoms with E-state index < -0.39 is 37.0 Å². The van der Waals surface area contributed by atoms with E-state index in [0.29, 0.717) is 16.8 Å². The van der Waals surface area contributed by atoms with Gasteiger partial charge in [-0.05, 0) is 30.7 Å². The first-order chi connectivity index (χ1) is 13.5. The molecule has 0 amide bonds. The molecule has 0 saturated carbocycles. The molecule has 0 aromatic heterocycles. The summed E-state index contributed by atoms with van der Waals surface area (Å²) in [5.74, 6) is -0.203. The molecule has 2 aromatic carbocycles. The van der Waals surface area contributed by atoms with Gasteiger partial charge in [0.15, 0.2) is 11.9 Å². The minimum absolute atomic E-state index is 0.0489. The lowest BCUT2D eigenvalue weighted by Crippen LogP contribution is -2.48. The summed E-state index contributed by atoms with van der Waals surface area (Å²) in [6, 6.07) is 9.44. The van der Waals surface area contributed by atoms with Crippen molar-refractivity contribution in [3.8, 4) is 22.6 Å². The molecule has 1 aliphatic heterocycles. The molecule has 1 unspecified atom stereocenters. The van der Waals surface area contributed by atoms with E-state index in [4.69, 9.17) is 4.74 Å². The summed E-state index contributed by atoms with van der Waals surface area (Å²) in [5.41, 5.74) is 1.05. The number of nitrogens with zero attached hydrogens (tertiary/aromatic N) is 1. The number of aliphatic hydroxyl groups excluding tert-OH is 1. The van der Waals surface area contributed by atoms with E-state index >= 15 is 0 Å². The molecule has 3 rings (SSSR count). The highest BCUT2D eigenvalue weighted by Crippen LogP contribution is 2.43. The number of hydrogen-bond acceptors (Lipinski definition) is 4. The van der Waals surface area contributed by atoms with E-state index in [9.17, 15) is 31.4 Å². The highest BCUT2D eigenvalue weighted by molar-refractivity contribution is 5.80. The largest absolute Gasteiger partial charge is 0.573 e. The second-order valence-electron chi connectivity index (χ2n) is 6.60. The van der Waals surface area contributed by atoms with Crippen LogP contribution >= 0.6 is 0 Å². The van der Waals surface area contributed by atoms with Crippen LogP contribution in [0, 0.1) is 0 Å². The van der Waals surface area contributed by atoms with Gasteiger partial charge in [0.2, 0.25) is 0 Å². The van der Waals surface area contributed by atoms with Crippen molar-refractivity contribution in [3.05, 3.63) is 42.5 Å². The number of alkyl halides is 6. The van der Waals surface area contributed by atoms with Crippen molar-refractivity contribution in [1.82, 2.24) is 0 Å². The van der Waals surface area contributed by atoms with Gasteiger partial charge < -0.3 is 19.5 Å². The fourth-order valence-electron chi connectivity index (χ4n) is 3.09. The van der Waals surface area contributed by atoms with Crippen LogP contribution in [0.25, 0.3) is 11.1 Å². The van der Waals surface area contributed by atoms with Gasteiger partial charge in [-0.15, -0.1) is 13.2 Å². The zero-order valence-corrected chi connectivity index (χ0v) is 15.1. The SMILES string of the molecule is CC1COc2c(-c3cccc(OC(F)(F)F)c3)cccc2N1C[C@H](O)C(F)(F)F. The molecule has 2 aromatic rings. The third-order valence-corrected chi connectivity index (χ3v) is 4.43. The third kappa shape index (κ3) is 4.87. The van der Waals surface area contributed by atoms with Gasteiger partial charge in [-0.25, -0.2) is 0 Å². The molecule has 1 heterocycles. The second kappa shape index (κ2) is 7.66. The maximum absolute atomic E-state index is 12.8. The van der Waals surface area contributed by atoms with E-state index in [-0.39, 0.29) is 12.4 Å². The van der Waals surface area contributed by atoms with Crippen molar-refractivity contribution in [2.24, 2.45) is 0 Å². The van der Waals surface area contributed by atoms with Crippen LogP contribution in [0.5, 0.6) is 11.5 Å². The van der Waals surface area contributed by atoms with Crippen molar-refractivity contribution in [2.45, 2.75) is 31.6 Å². The average Bonchev–Trinajstić information content (AvgIpc) is 2.61. The van der Waals surface area contributed by atoms with Crippen molar-refractivity contribution in [1.29, 1.82) is 0 Å². The number of para-hydroxylation sites is 1. The van der Waals surface area contributed by atoms with E-state index in [1.165, 1.54) is 29.2 Å². The molecule has 158 valence electrons. The van der Waals surface area contributed by atoms with Gasteiger partial charge in [-0.2, -0.15) is 13.2 Å². The molecule has 4 nitrogen and oxygen atoms in total. The van der Waals surface area contributed by atoms with E-state index in [1.807, 2.05) is 0 Å². The van der Waals surface area contributed by atoms with Gasteiger partial charge in [0.1, 0.15) is 12.4 Å². The highest BCUT2D eigenvalue weighted by atomic mass is 19.4. The number of fused-ring (bicyclic) bond motifs is 1. The summed E-state index contributed by atoms with van der Waals surface area (Å²) in [4.78, 5) is 1.37. The number of aliphatic hydroxyl groups is 1. The Hall–Kier alpha value is -2.62. The van der Waals surface area contributed by atoms with Crippen LogP contribution in [-0.2, 0) is 0 Å². The zero-order chi connectivity index (χ0) is 21.4. The van der Waals surface area contributed by atoms with Crippen LogP contribution in [-0.4, -0.2) is 42.9 Å². The summed E-state index contributed by atoms with van der Waals surface area (Å²) < 4.78 is 85.5. The number of anilines is 1. The first-order valence-electron chi connectivity index (χ1n) is 8.59. The van der Waals surface area contributed by atoms with Gasteiger partial charge in [0.25, 0.3) is 0 Å². The van der Waals surface area contributed by atoms with E-state index in [2.05, 4.69) is 4.74 Å². The molecule has 0 radical (unpaired) electrons. The lowest BCUT2D eigenvalue weighted by Gasteiger charge is -2.39. The molecule has 1 N–H and O–H groups in total. The topological polar surface area (TPSA) is 41.9 Å². The number of benzene rings is 2. The van der Waals surface area contributed by atoms with Gasteiger partial charge in [-0.1, -0.05) is 24.3 Å². The molecule has 10 heteroatoms. The predicted octanol–water partition coefficient (Wildman–Crippen LogP) is 4.76. The Labute approximate surface area is 162 Å². The maximum Gasteiger partial charge on any atom is 0.573 e. The van der Waals surface area contributed by atoms with Crippen LogP contribution in [0.15, 0.2) is 42.5 Å². The van der Waals surface area contributed by atoms with Crippen LogP contribution in [0.4, 0.5) is 32.0 Å². The average molecular weight is 421 g/mol. The summed E-state index contributed by atoms with van der Waals surface area (Å²) in [6.07, 6.45) is -12.2. The number of halogens is 6. The number of hydrogen-bond donors (Lipinski definition) is 1. The Morgan fingerprint density at radius 3 is 2.48 bits per heavy atom. The summed E-state index contributed by atoms with van der Waals surface area (Å²) in [5, 5.41) is 9.48. The standard InChI is InChI=1S/C19H17F6NO3/c1-11-10-28-17-14(12-4-2-5-13(8-12)29-19(23,24)25)6-3-7-15(17)26(11)9-16(27)18(20,21)22/h2-8,11,16,27H,9-10H2,1H3/t11?,16-/m0/s1. The first kappa shape index (κ1) is 21.1. The van der Waals surface area contributed by atoms with Crippen LogP contribution in [0.2, 0.25) is 0 Å². The van der Waals surface area contributed by atoms with Gasteiger partial charge in [0.05, 0.1) is 18.3 Å². The third-order valence-electron chi connectivity index (χ3n) is 4.43. The van der Waals surface area contributed by atoms with Crippen molar-refractivity contribution in [2.75, 3.05) is 18.1 Å². The second-order valence-corrected chi connectivity index (χ2v) is 6.60. The van der Waals surface area contributed by atoms with Crippen molar-refractivity contribution >= 4 is 5.69 Å². The predicted molar refractivity (Wildman–Crippen MR) is 92.9 cm³/mol. The van der Waals surface area contributed by atoms with Gasteiger partial charge >= 0.3 is 12.5 Å². The van der Waals surface area contributed by atoms with Crippen molar-refractivity contribution in [3.63, 3.8) is 0 Å². The Kier molecular flexibility index (Phi) is 5.57. The van der Waals surface area contributed by atoms with Crippen molar-refractivity contribution < 1.29 is 40.9 Å². The lowest BCUT2D eigenvalue weighted by molar-refractivity contribution is -0.274. The molecule has 2 atom stereocenters. The lowest BCUT2D eigenvalue weighted by atomic mass is 10.0. The molecule has 0 saturated heterocycles. The monoisotopic (exact) mass is 421 g/mol. The Morgan fingerprint density at radius 2 is 1.83 bits per heavy atom. The van der Waals surface area contributed by atoms with Gasteiger partial charge in [0, 0.05) is 5.56 Å². The van der Waals surface area contributed by atoms with Gasteiger partial charge in [-0.3, -0.25) is 0 Å². The molecule has 0 bridgehead atoms. The minimum Gasteiger partial charge on any atom is -0.489 e. The van der Waals surface area contributed by atoms with E-state index in [1.54, 1.807) is 19.1 Å². The quantitative estimate of drug-likeness (QED) is 0.723. The Balaban J connectivity index is 1.98. The summed E-state index contributed by atoms with van der Waals surface area (Å²) in [6.45, 7) is 1.01. The molecule has 1 aliphatic rings. The molecule has 0 aliphatic carbocycles. The fraction of sp³-hybridized carbons (Fsp3) is 0.368. The van der Waals surface area contributed by atoms with Crippen LogP contribution < -0.4 is 14.4 Å². The Morgan fingerprint density at radius 1 is 1.14 bits per heavy atom. The van der Waals surface area contributed by atoms with E-state index in [0.717, 1.165) is 6.07 Å². The normalized spacial score (nSPS) is 18.1. The number of ether oxygens (including phenoxy) is 2. The number of β-amino-alcohol motifs (C(OH)–C–C–N with tert-alkyl or cyclic N) is 1. The summed E-state index contributed by atoms with van der Waals surface area (Å²) in [7, 11) is 0. The molecule has 0 spiro atoms. The first-order valence-corrected chi connectivity index (χ1v) is 8.59. The highest BCUT2D eigenvalue weighted by Gasteiger charge is 2.41. The molecule has 29 heavy (non-hydrogen) atoms. The smallest absolute Gasteiger partial charge is 0.489 e. The molecular weight excluding hydrogens is 404 g/mol. The minimum atomic E-state index is -4.86. The Bertz CT molecular complexity index is 868.